The summed E-state index contributed by atoms with van der Waals surface area (Å²) >= 11 is 0. The third-order valence-corrected chi connectivity index (χ3v) is 3.61. The van der Waals surface area contributed by atoms with E-state index in [4.69, 9.17) is 10.5 Å². The van der Waals surface area contributed by atoms with E-state index >= 15 is 0 Å². The maximum absolute atomic E-state index is 13.8. The lowest BCUT2D eigenvalue weighted by Crippen LogP contribution is -2.58. The number of hydrogen-bond acceptors (Lipinski definition) is 3. The summed E-state index contributed by atoms with van der Waals surface area (Å²) in [6, 6.07) is 2.79. The van der Waals surface area contributed by atoms with Crippen LogP contribution in [0.5, 0.6) is 0 Å². The minimum atomic E-state index is -0.454. The second-order valence-corrected chi connectivity index (χ2v) is 6.95. The Bertz CT molecular complexity index is 543. The molecule has 1 heterocycles. The van der Waals surface area contributed by atoms with Crippen LogP contribution >= 0.6 is 0 Å². The Kier molecular flexibility index (Phi) is 3.74. The van der Waals surface area contributed by atoms with Gasteiger partial charge in [-0.05, 0) is 46.8 Å². The van der Waals surface area contributed by atoms with Gasteiger partial charge in [0.05, 0.1) is 11.2 Å². The Morgan fingerprint density at radius 3 is 2.24 bits per heavy atom. The van der Waals surface area contributed by atoms with Gasteiger partial charge in [0.1, 0.15) is 5.82 Å². The second-order valence-electron chi connectivity index (χ2n) is 6.95. The molecule has 0 bridgehead atoms. The third-order valence-electron chi connectivity index (χ3n) is 3.61. The van der Waals surface area contributed by atoms with Gasteiger partial charge >= 0.3 is 0 Å². The van der Waals surface area contributed by atoms with E-state index in [1.807, 2.05) is 27.7 Å². The fraction of sp³-hybridized carbons (Fsp3) is 0.562. The summed E-state index contributed by atoms with van der Waals surface area (Å²) in [5.74, 6) is -0.671. The zero-order chi connectivity index (χ0) is 16.0. The smallest absolute Gasteiger partial charge is 0.254 e. The highest BCUT2D eigenvalue weighted by molar-refractivity contribution is 5.95. The number of anilines is 1. The van der Waals surface area contributed by atoms with E-state index in [2.05, 4.69) is 0 Å². The molecule has 0 spiro atoms. The van der Waals surface area contributed by atoms with Crippen molar-refractivity contribution in [2.75, 3.05) is 18.8 Å². The normalized spacial score (nSPS) is 20.4. The number of carbonyl (C=O) groups is 1. The van der Waals surface area contributed by atoms with Crippen molar-refractivity contribution < 1.29 is 13.9 Å². The largest absolute Gasteiger partial charge is 0.398 e. The minimum Gasteiger partial charge on any atom is -0.398 e. The Balaban J connectivity index is 2.31. The van der Waals surface area contributed by atoms with Crippen LogP contribution in [0.3, 0.4) is 0 Å². The van der Waals surface area contributed by atoms with Crippen LogP contribution in [0.25, 0.3) is 0 Å². The number of nitrogens with two attached hydrogens (primary N) is 1. The summed E-state index contributed by atoms with van der Waals surface area (Å²) in [6.45, 7) is 10.3. The van der Waals surface area contributed by atoms with Crippen molar-refractivity contribution in [2.45, 2.75) is 45.8 Å². The molecule has 2 N–H and O–H groups in total. The van der Waals surface area contributed by atoms with Crippen molar-refractivity contribution in [3.63, 3.8) is 0 Å². The molecule has 1 fully saturated rings. The van der Waals surface area contributed by atoms with E-state index in [1.165, 1.54) is 12.1 Å². The average Bonchev–Trinajstić information content (AvgIpc) is 2.30. The molecular weight excluding hydrogens is 271 g/mol. The predicted octanol–water partition coefficient (Wildman–Crippen LogP) is 2.75. The molecule has 4 nitrogen and oxygen atoms in total. The van der Waals surface area contributed by atoms with Crippen LogP contribution in [0, 0.1) is 12.7 Å². The van der Waals surface area contributed by atoms with Crippen molar-refractivity contribution in [3.05, 3.63) is 29.1 Å². The number of morpholine rings is 1. The van der Waals surface area contributed by atoms with Crippen LogP contribution in [0.4, 0.5) is 10.1 Å². The number of ether oxygens (including phenoxy) is 1. The lowest BCUT2D eigenvalue weighted by atomic mass is 9.98. The van der Waals surface area contributed by atoms with Gasteiger partial charge in [0.2, 0.25) is 0 Å². The first-order valence-corrected chi connectivity index (χ1v) is 7.06. The van der Waals surface area contributed by atoms with Gasteiger partial charge in [0, 0.05) is 29.9 Å². The van der Waals surface area contributed by atoms with Crippen LogP contribution in [0.15, 0.2) is 12.1 Å². The summed E-state index contributed by atoms with van der Waals surface area (Å²) in [4.78, 5) is 14.3. The van der Waals surface area contributed by atoms with Gasteiger partial charge in [-0.25, -0.2) is 4.39 Å². The van der Waals surface area contributed by atoms with Crippen LogP contribution in [-0.4, -0.2) is 35.1 Å². The second kappa shape index (κ2) is 4.98. The number of hydrogen-bond donors (Lipinski definition) is 1. The molecular formula is C16H23FN2O2. The van der Waals surface area contributed by atoms with Gasteiger partial charge in [-0.3, -0.25) is 4.79 Å². The van der Waals surface area contributed by atoms with Crippen LogP contribution < -0.4 is 5.73 Å². The Morgan fingerprint density at radius 1 is 1.24 bits per heavy atom. The fourth-order valence-electron chi connectivity index (χ4n) is 2.94. The fourth-order valence-corrected chi connectivity index (χ4v) is 2.94. The van der Waals surface area contributed by atoms with Crippen molar-refractivity contribution in [2.24, 2.45) is 0 Å². The molecule has 2 rings (SSSR count). The molecule has 0 aliphatic carbocycles. The van der Waals surface area contributed by atoms with E-state index in [9.17, 15) is 9.18 Å². The van der Waals surface area contributed by atoms with Crippen LogP contribution in [-0.2, 0) is 4.74 Å². The number of rotatable bonds is 1. The highest BCUT2D eigenvalue weighted by Gasteiger charge is 2.40. The Labute approximate surface area is 125 Å². The quantitative estimate of drug-likeness (QED) is 0.810. The highest BCUT2D eigenvalue weighted by Crippen LogP contribution is 2.29. The van der Waals surface area contributed by atoms with E-state index < -0.39 is 17.0 Å². The Hall–Kier alpha value is -1.62. The molecule has 1 aliphatic rings. The number of nitrogens with zero attached hydrogens (tertiary/aromatic N) is 1. The molecule has 1 amide bonds. The van der Waals surface area contributed by atoms with Crippen molar-refractivity contribution in [1.82, 2.24) is 4.90 Å². The zero-order valence-electron chi connectivity index (χ0n) is 13.3. The monoisotopic (exact) mass is 294 g/mol. The first kappa shape index (κ1) is 15.8. The summed E-state index contributed by atoms with van der Waals surface area (Å²) in [5.41, 5.74) is 5.83. The zero-order valence-corrected chi connectivity index (χ0v) is 13.3. The molecule has 1 aromatic rings. The number of halogens is 1. The summed E-state index contributed by atoms with van der Waals surface area (Å²) < 4.78 is 19.7. The van der Waals surface area contributed by atoms with E-state index in [0.29, 0.717) is 24.3 Å². The lowest BCUT2D eigenvalue weighted by molar-refractivity contribution is -0.171. The molecule has 0 radical (unpaired) electrons. The number of benzene rings is 1. The molecule has 0 unspecified atom stereocenters. The first-order valence-electron chi connectivity index (χ1n) is 7.06. The lowest BCUT2D eigenvalue weighted by Gasteiger charge is -2.47. The standard InChI is InChI=1S/C16H23FN2O2/c1-10-12(17)6-11(7-13(10)18)14(20)19-8-15(2,3)21-16(4,5)9-19/h6-7H,8-9,18H2,1-5H3. The SMILES string of the molecule is Cc1c(N)cc(C(=O)N2CC(C)(C)OC(C)(C)C2)cc1F. The van der Waals surface area contributed by atoms with Crippen molar-refractivity contribution >= 4 is 11.6 Å². The number of carbonyl (C=O) groups excluding carboxylic acids is 1. The summed E-state index contributed by atoms with van der Waals surface area (Å²) in [7, 11) is 0. The van der Waals surface area contributed by atoms with Crippen molar-refractivity contribution in [3.8, 4) is 0 Å². The topological polar surface area (TPSA) is 55.6 Å². The molecule has 116 valence electrons. The van der Waals surface area contributed by atoms with E-state index in [-0.39, 0.29) is 11.5 Å². The summed E-state index contributed by atoms with van der Waals surface area (Å²) in [6.07, 6.45) is 0. The van der Waals surface area contributed by atoms with Gasteiger partial charge in [0.25, 0.3) is 5.91 Å². The average molecular weight is 294 g/mol. The van der Waals surface area contributed by atoms with Crippen LogP contribution in [0.1, 0.15) is 43.6 Å². The minimum absolute atomic E-state index is 0.218. The van der Waals surface area contributed by atoms with Gasteiger partial charge in [-0.1, -0.05) is 0 Å². The maximum atomic E-state index is 13.8. The summed E-state index contributed by atoms with van der Waals surface area (Å²) in [5, 5.41) is 0. The first-order chi connectivity index (χ1) is 9.51. The number of amides is 1. The Morgan fingerprint density at radius 2 is 1.76 bits per heavy atom. The molecule has 1 aromatic carbocycles. The molecule has 0 aromatic heterocycles. The van der Waals surface area contributed by atoms with E-state index in [1.54, 1.807) is 11.8 Å². The molecule has 1 saturated heterocycles. The molecule has 0 saturated carbocycles. The third kappa shape index (κ3) is 3.35. The predicted molar refractivity (Wildman–Crippen MR) is 80.7 cm³/mol. The number of nitrogen functional groups attached to an aromatic ring is 1. The molecule has 5 heteroatoms. The van der Waals surface area contributed by atoms with Gasteiger partial charge < -0.3 is 15.4 Å². The maximum Gasteiger partial charge on any atom is 0.254 e. The van der Waals surface area contributed by atoms with E-state index in [0.717, 1.165) is 0 Å². The van der Waals surface area contributed by atoms with Gasteiger partial charge in [-0.2, -0.15) is 0 Å². The molecule has 21 heavy (non-hydrogen) atoms. The van der Waals surface area contributed by atoms with Gasteiger partial charge in [-0.15, -0.1) is 0 Å². The van der Waals surface area contributed by atoms with Crippen molar-refractivity contribution in [1.29, 1.82) is 0 Å². The molecule has 0 atom stereocenters. The van der Waals surface area contributed by atoms with Crippen LogP contribution in [0.2, 0.25) is 0 Å². The highest BCUT2D eigenvalue weighted by atomic mass is 19.1. The molecule has 1 aliphatic heterocycles. The van der Waals surface area contributed by atoms with Gasteiger partial charge in [0.15, 0.2) is 0 Å².